The van der Waals surface area contributed by atoms with Crippen molar-refractivity contribution in [2.75, 3.05) is 30.7 Å². The molecule has 6 rings (SSSR count). The van der Waals surface area contributed by atoms with Crippen molar-refractivity contribution < 1.29 is 19.1 Å². The van der Waals surface area contributed by atoms with Crippen molar-refractivity contribution in [3.63, 3.8) is 0 Å². The van der Waals surface area contributed by atoms with Gasteiger partial charge in [-0.25, -0.2) is 14.8 Å². The molecule has 3 heterocycles. The normalized spacial score (nSPS) is 15.7. The number of carbonyl (C=O) groups is 3. The summed E-state index contributed by atoms with van der Waals surface area (Å²) in [4.78, 5) is 53.8. The number of hydrogen-bond acceptors (Lipinski definition) is 9. The maximum absolute atomic E-state index is 13.6. The number of nitrogen functional groups attached to an aromatic ring is 1. The molecule has 0 spiro atoms. The quantitative estimate of drug-likeness (QED) is 0.153. The first kappa shape index (κ1) is 33.9. The van der Waals surface area contributed by atoms with Gasteiger partial charge in [0, 0.05) is 49.8 Å². The van der Waals surface area contributed by atoms with Gasteiger partial charge in [-0.05, 0) is 41.7 Å². The third-order valence-corrected chi connectivity index (χ3v) is 8.83. The zero-order valence-corrected chi connectivity index (χ0v) is 27.8. The summed E-state index contributed by atoms with van der Waals surface area (Å²) in [6.45, 7) is 4.26. The zero-order valence-electron chi connectivity index (χ0n) is 27.8. The van der Waals surface area contributed by atoms with Crippen LogP contribution in [0.2, 0.25) is 0 Å². The molecule has 4 N–H and O–H groups in total. The number of nitrogens with two attached hydrogens (primary N) is 1. The molecule has 1 aliphatic heterocycles. The Morgan fingerprint density at radius 2 is 1.60 bits per heavy atom. The molecule has 11 heteroatoms. The maximum atomic E-state index is 13.6. The summed E-state index contributed by atoms with van der Waals surface area (Å²) in [5.41, 5.74) is 11.8. The Balaban J connectivity index is 1.09. The molecule has 254 valence electrons. The molecule has 2 atom stereocenters. The molecular weight excluding hydrogens is 630 g/mol. The Kier molecular flexibility index (Phi) is 10.8. The highest BCUT2D eigenvalue weighted by Crippen LogP contribution is 2.37. The highest BCUT2D eigenvalue weighted by molar-refractivity contribution is 6.06. The van der Waals surface area contributed by atoms with E-state index >= 15 is 0 Å². The van der Waals surface area contributed by atoms with Crippen LogP contribution in [0.25, 0.3) is 11.3 Å². The number of ether oxygens (including phenoxy) is 1. The van der Waals surface area contributed by atoms with Crippen molar-refractivity contribution in [1.29, 1.82) is 0 Å². The van der Waals surface area contributed by atoms with Crippen LogP contribution in [0.5, 0.6) is 0 Å². The van der Waals surface area contributed by atoms with E-state index in [4.69, 9.17) is 10.5 Å². The van der Waals surface area contributed by atoms with E-state index < -0.39 is 12.0 Å². The molecule has 0 aliphatic carbocycles. The summed E-state index contributed by atoms with van der Waals surface area (Å²) in [6.07, 6.45) is 4.92. The van der Waals surface area contributed by atoms with E-state index in [1.165, 1.54) is 11.8 Å². The van der Waals surface area contributed by atoms with Gasteiger partial charge in [-0.15, -0.1) is 0 Å². The molecule has 2 amide bonds. The number of alkyl carbamates (subject to hydrolysis) is 1. The van der Waals surface area contributed by atoms with Crippen LogP contribution in [0.1, 0.15) is 45.6 Å². The fraction of sp³-hybridized carbons (Fsp3) is 0.231. The zero-order chi connectivity index (χ0) is 34.9. The predicted octanol–water partition coefficient (Wildman–Crippen LogP) is 5.65. The molecule has 1 aliphatic rings. The standard InChI is InChI=1S/C39H39N7O4/c1-26(47)32-23-46(22-28-8-4-2-5-9-28)24-33(32)31-17-18-41-20-35(31)45-38(48)36-37(40)43-21-34(44-36)30-14-12-27(13-15-30)16-19-42-39(49)50-25-29-10-6-3-7-11-29/h2-15,17-18,20-21,32-33H,16,19,22-25H2,1H3,(H2,40,43)(H,42,49)(H,45,48)/t32-,33-/m0/s1. The minimum atomic E-state index is -0.522. The summed E-state index contributed by atoms with van der Waals surface area (Å²) in [6, 6.07) is 29.1. The van der Waals surface area contributed by atoms with E-state index in [0.717, 1.165) is 28.8 Å². The van der Waals surface area contributed by atoms with E-state index in [-0.39, 0.29) is 35.7 Å². The third kappa shape index (κ3) is 8.55. The fourth-order valence-corrected chi connectivity index (χ4v) is 6.23. The van der Waals surface area contributed by atoms with E-state index in [1.807, 2.05) is 78.9 Å². The molecule has 0 bridgehead atoms. The Labute approximate surface area is 290 Å². The summed E-state index contributed by atoms with van der Waals surface area (Å²) in [7, 11) is 0. The van der Waals surface area contributed by atoms with Gasteiger partial charge in [-0.1, -0.05) is 84.9 Å². The van der Waals surface area contributed by atoms with Crippen molar-refractivity contribution in [2.24, 2.45) is 5.92 Å². The molecule has 11 nitrogen and oxygen atoms in total. The molecular formula is C39H39N7O4. The van der Waals surface area contributed by atoms with Gasteiger partial charge >= 0.3 is 6.09 Å². The molecule has 0 unspecified atom stereocenters. The van der Waals surface area contributed by atoms with Crippen molar-refractivity contribution in [2.45, 2.75) is 32.4 Å². The number of nitrogens with one attached hydrogen (secondary N) is 2. The third-order valence-electron chi connectivity index (χ3n) is 8.83. The first-order valence-electron chi connectivity index (χ1n) is 16.5. The monoisotopic (exact) mass is 669 g/mol. The number of benzene rings is 3. The van der Waals surface area contributed by atoms with Gasteiger partial charge in [-0.3, -0.25) is 19.5 Å². The summed E-state index contributed by atoms with van der Waals surface area (Å²) < 4.78 is 5.26. The number of hydrogen-bond donors (Lipinski definition) is 3. The fourth-order valence-electron chi connectivity index (χ4n) is 6.23. The second kappa shape index (κ2) is 16.0. The lowest BCUT2D eigenvalue weighted by Crippen LogP contribution is -2.26. The number of carbonyl (C=O) groups excluding carboxylic acids is 3. The number of anilines is 2. The SMILES string of the molecule is CC(=O)[C@@H]1CN(Cc2ccccc2)C[C@H]1c1ccncc1NC(=O)c1nc(-c2ccc(CCNC(=O)OCc3ccccc3)cc2)cnc1N. The topological polar surface area (TPSA) is 152 Å². The van der Waals surface area contributed by atoms with E-state index in [2.05, 4.69) is 42.6 Å². The van der Waals surface area contributed by atoms with Gasteiger partial charge in [-0.2, -0.15) is 0 Å². The first-order valence-corrected chi connectivity index (χ1v) is 16.5. The Bertz CT molecular complexity index is 1940. The van der Waals surface area contributed by atoms with Crippen molar-refractivity contribution in [1.82, 2.24) is 25.2 Å². The van der Waals surface area contributed by atoms with Crippen LogP contribution in [-0.2, 0) is 29.1 Å². The molecule has 0 radical (unpaired) electrons. The first-order chi connectivity index (χ1) is 24.3. The van der Waals surface area contributed by atoms with E-state index in [9.17, 15) is 14.4 Å². The van der Waals surface area contributed by atoms with Gasteiger partial charge < -0.3 is 21.1 Å². The van der Waals surface area contributed by atoms with Crippen LogP contribution < -0.4 is 16.4 Å². The number of likely N-dealkylation sites (tertiary alicyclic amines) is 1. The van der Waals surface area contributed by atoms with Gasteiger partial charge in [0.1, 0.15) is 12.4 Å². The van der Waals surface area contributed by atoms with E-state index in [0.29, 0.717) is 37.4 Å². The molecule has 3 aromatic carbocycles. The number of pyridine rings is 1. The lowest BCUT2D eigenvalue weighted by molar-refractivity contribution is -0.120. The Morgan fingerprint density at radius 1 is 0.880 bits per heavy atom. The Hall–Kier alpha value is -5.94. The molecule has 5 aromatic rings. The van der Waals surface area contributed by atoms with Crippen LogP contribution >= 0.6 is 0 Å². The highest BCUT2D eigenvalue weighted by atomic mass is 16.5. The Morgan fingerprint density at radius 3 is 2.32 bits per heavy atom. The summed E-state index contributed by atoms with van der Waals surface area (Å²) in [5.74, 6) is -0.775. The number of ketones is 1. The second-order valence-corrected chi connectivity index (χ2v) is 12.3. The lowest BCUT2D eigenvalue weighted by atomic mass is 9.86. The van der Waals surface area contributed by atoms with Crippen molar-refractivity contribution in [3.05, 3.63) is 138 Å². The van der Waals surface area contributed by atoms with Crippen molar-refractivity contribution in [3.8, 4) is 11.3 Å². The van der Waals surface area contributed by atoms with Crippen LogP contribution in [0, 0.1) is 5.92 Å². The predicted molar refractivity (Wildman–Crippen MR) is 191 cm³/mol. The molecule has 2 aromatic heterocycles. The van der Waals surface area contributed by atoms with Gasteiger partial charge in [0.15, 0.2) is 11.5 Å². The average molecular weight is 670 g/mol. The van der Waals surface area contributed by atoms with Crippen molar-refractivity contribution >= 4 is 29.3 Å². The van der Waals surface area contributed by atoms with Crippen LogP contribution in [0.3, 0.4) is 0 Å². The highest BCUT2D eigenvalue weighted by Gasteiger charge is 2.38. The minimum absolute atomic E-state index is 0.00458. The van der Waals surface area contributed by atoms with Crippen LogP contribution in [0.4, 0.5) is 16.3 Å². The number of aromatic nitrogens is 3. The summed E-state index contributed by atoms with van der Waals surface area (Å²) >= 11 is 0. The largest absolute Gasteiger partial charge is 0.445 e. The van der Waals surface area contributed by atoms with Crippen LogP contribution in [-0.4, -0.2) is 57.3 Å². The maximum Gasteiger partial charge on any atom is 0.407 e. The number of Topliss-reactive ketones (excluding diaryl/α,β-unsaturated/α-hetero) is 1. The van der Waals surface area contributed by atoms with E-state index in [1.54, 1.807) is 19.3 Å². The number of rotatable bonds is 12. The number of amides is 2. The van der Waals surface area contributed by atoms with Crippen LogP contribution in [0.15, 0.2) is 110 Å². The molecule has 1 fully saturated rings. The minimum Gasteiger partial charge on any atom is -0.445 e. The molecule has 0 saturated carbocycles. The van der Waals surface area contributed by atoms with Gasteiger partial charge in [0.25, 0.3) is 5.91 Å². The second-order valence-electron chi connectivity index (χ2n) is 12.3. The molecule has 50 heavy (non-hydrogen) atoms. The molecule has 1 saturated heterocycles. The smallest absolute Gasteiger partial charge is 0.407 e. The lowest BCUT2D eigenvalue weighted by Gasteiger charge is -2.20. The number of nitrogens with zero attached hydrogens (tertiary/aromatic N) is 4. The average Bonchev–Trinajstić information content (AvgIpc) is 3.56. The summed E-state index contributed by atoms with van der Waals surface area (Å²) in [5, 5.41) is 5.72. The van der Waals surface area contributed by atoms with Gasteiger partial charge in [0.2, 0.25) is 0 Å². The van der Waals surface area contributed by atoms with Gasteiger partial charge in [0.05, 0.1) is 23.8 Å².